The Bertz CT molecular complexity index is 1140. The minimum atomic E-state index is -0.507. The molecule has 0 aliphatic carbocycles. The summed E-state index contributed by atoms with van der Waals surface area (Å²) < 4.78 is 10.5. The standard InChI is InChI=1S/C21H21N5O5/c1-3-10-31-19-9-4-14(11-18(19)26(28)29)13-22-25-21-23-17(12-20(27)24-21)15-5-7-16(30-2)8-6-15/h4-9,11-13H,3,10H2,1-2H3,(H2,23,24,25,27)/b22-13-. The molecule has 0 unspecified atom stereocenters. The molecule has 1 heterocycles. The number of H-pyrrole nitrogens is 1. The molecule has 160 valence electrons. The fourth-order valence-electron chi connectivity index (χ4n) is 2.68. The van der Waals surface area contributed by atoms with Crippen molar-refractivity contribution in [3.8, 4) is 22.8 Å². The smallest absolute Gasteiger partial charge is 0.311 e. The molecule has 0 bridgehead atoms. The second-order valence-electron chi connectivity index (χ2n) is 6.41. The summed E-state index contributed by atoms with van der Waals surface area (Å²) >= 11 is 0. The maximum Gasteiger partial charge on any atom is 0.311 e. The molecular formula is C21H21N5O5. The van der Waals surface area contributed by atoms with Gasteiger partial charge in [0.1, 0.15) is 5.75 Å². The van der Waals surface area contributed by atoms with E-state index in [4.69, 9.17) is 9.47 Å². The number of nitro groups is 1. The first kappa shape index (κ1) is 21.5. The van der Waals surface area contributed by atoms with Crippen LogP contribution in [0.25, 0.3) is 11.3 Å². The number of benzene rings is 2. The van der Waals surface area contributed by atoms with Gasteiger partial charge in [-0.2, -0.15) is 5.10 Å². The lowest BCUT2D eigenvalue weighted by Gasteiger charge is -2.06. The van der Waals surface area contributed by atoms with Crippen molar-refractivity contribution in [2.75, 3.05) is 19.1 Å². The Balaban J connectivity index is 1.77. The molecule has 0 radical (unpaired) electrons. The molecule has 0 aliphatic rings. The average Bonchev–Trinajstić information content (AvgIpc) is 2.77. The number of hydrazone groups is 1. The van der Waals surface area contributed by atoms with Crippen LogP contribution in [0.4, 0.5) is 11.6 Å². The van der Waals surface area contributed by atoms with Gasteiger partial charge in [-0.15, -0.1) is 0 Å². The molecule has 10 nitrogen and oxygen atoms in total. The molecule has 0 atom stereocenters. The van der Waals surface area contributed by atoms with Crippen molar-refractivity contribution in [3.63, 3.8) is 0 Å². The molecule has 3 aromatic rings. The van der Waals surface area contributed by atoms with Gasteiger partial charge in [0.2, 0.25) is 5.95 Å². The zero-order valence-corrected chi connectivity index (χ0v) is 17.0. The fraction of sp³-hybridized carbons (Fsp3) is 0.190. The maximum absolute atomic E-state index is 12.0. The molecule has 2 N–H and O–H groups in total. The fourth-order valence-corrected chi connectivity index (χ4v) is 2.68. The summed E-state index contributed by atoms with van der Waals surface area (Å²) in [5, 5.41) is 15.3. The minimum Gasteiger partial charge on any atom is -0.497 e. The quantitative estimate of drug-likeness (QED) is 0.305. The molecule has 3 rings (SSSR count). The van der Waals surface area contributed by atoms with Gasteiger partial charge >= 0.3 is 5.69 Å². The number of nitrogens with one attached hydrogen (secondary N) is 2. The van der Waals surface area contributed by atoms with Crippen LogP contribution in [0.3, 0.4) is 0 Å². The van der Waals surface area contributed by atoms with Crippen LogP contribution in [0.5, 0.6) is 11.5 Å². The van der Waals surface area contributed by atoms with Crippen LogP contribution < -0.4 is 20.5 Å². The summed E-state index contributed by atoms with van der Waals surface area (Å²) in [6, 6.07) is 13.0. The predicted octanol–water partition coefficient (Wildman–Crippen LogP) is 3.59. The Kier molecular flexibility index (Phi) is 6.94. The van der Waals surface area contributed by atoms with E-state index in [1.54, 1.807) is 37.4 Å². The van der Waals surface area contributed by atoms with Gasteiger partial charge in [0.25, 0.3) is 5.56 Å². The van der Waals surface area contributed by atoms with E-state index in [1.165, 1.54) is 24.4 Å². The number of rotatable bonds is 9. The van der Waals surface area contributed by atoms with Crippen molar-refractivity contribution in [2.45, 2.75) is 13.3 Å². The van der Waals surface area contributed by atoms with Crippen molar-refractivity contribution in [3.05, 3.63) is 74.6 Å². The van der Waals surface area contributed by atoms with Crippen LogP contribution in [0, 0.1) is 10.1 Å². The van der Waals surface area contributed by atoms with Gasteiger partial charge < -0.3 is 9.47 Å². The Labute approximate surface area is 177 Å². The molecule has 0 saturated carbocycles. The number of aromatic amines is 1. The van der Waals surface area contributed by atoms with Gasteiger partial charge in [-0.25, -0.2) is 10.4 Å². The van der Waals surface area contributed by atoms with Crippen molar-refractivity contribution in [1.29, 1.82) is 0 Å². The minimum absolute atomic E-state index is 0.131. The summed E-state index contributed by atoms with van der Waals surface area (Å²) in [5.41, 5.74) is 3.81. The van der Waals surface area contributed by atoms with Gasteiger partial charge in [0, 0.05) is 23.3 Å². The zero-order valence-electron chi connectivity index (χ0n) is 17.0. The van der Waals surface area contributed by atoms with Crippen LogP contribution in [0.1, 0.15) is 18.9 Å². The first-order valence-electron chi connectivity index (χ1n) is 9.46. The van der Waals surface area contributed by atoms with E-state index in [2.05, 4.69) is 20.5 Å². The molecule has 0 aliphatic heterocycles. The third-order valence-electron chi connectivity index (χ3n) is 4.15. The van der Waals surface area contributed by atoms with E-state index in [0.29, 0.717) is 23.6 Å². The van der Waals surface area contributed by atoms with Crippen LogP contribution in [0.2, 0.25) is 0 Å². The number of aromatic nitrogens is 2. The lowest BCUT2D eigenvalue weighted by Crippen LogP contribution is -2.10. The number of hydrogen-bond acceptors (Lipinski definition) is 8. The Morgan fingerprint density at radius 1 is 1.23 bits per heavy atom. The second-order valence-corrected chi connectivity index (χ2v) is 6.41. The molecule has 0 amide bonds. The number of methoxy groups -OCH3 is 1. The van der Waals surface area contributed by atoms with Gasteiger partial charge in [0.15, 0.2) is 5.75 Å². The summed E-state index contributed by atoms with van der Waals surface area (Å²) in [6.07, 6.45) is 2.13. The van der Waals surface area contributed by atoms with E-state index >= 15 is 0 Å². The largest absolute Gasteiger partial charge is 0.497 e. The molecule has 1 aromatic heterocycles. The van der Waals surface area contributed by atoms with Crippen LogP contribution >= 0.6 is 0 Å². The molecule has 0 saturated heterocycles. The van der Waals surface area contributed by atoms with Crippen LogP contribution in [-0.2, 0) is 0 Å². The maximum atomic E-state index is 12.0. The van der Waals surface area contributed by atoms with Crippen LogP contribution in [0.15, 0.2) is 58.4 Å². The van der Waals surface area contributed by atoms with E-state index in [1.807, 2.05) is 6.92 Å². The third-order valence-corrected chi connectivity index (χ3v) is 4.15. The number of anilines is 1. The van der Waals surface area contributed by atoms with Gasteiger partial charge in [-0.1, -0.05) is 6.92 Å². The lowest BCUT2D eigenvalue weighted by molar-refractivity contribution is -0.385. The molecule has 0 spiro atoms. The highest BCUT2D eigenvalue weighted by molar-refractivity contribution is 5.82. The second kappa shape index (κ2) is 10.0. The Hall–Kier alpha value is -4.21. The normalized spacial score (nSPS) is 10.8. The van der Waals surface area contributed by atoms with E-state index < -0.39 is 4.92 Å². The summed E-state index contributed by atoms with van der Waals surface area (Å²) in [7, 11) is 1.57. The zero-order chi connectivity index (χ0) is 22.2. The number of nitro benzene ring substituents is 1. The topological polar surface area (TPSA) is 132 Å². The summed E-state index contributed by atoms with van der Waals surface area (Å²) in [4.78, 5) is 29.6. The van der Waals surface area contributed by atoms with Crippen molar-refractivity contribution in [1.82, 2.24) is 9.97 Å². The van der Waals surface area contributed by atoms with E-state index in [9.17, 15) is 14.9 Å². The first-order chi connectivity index (χ1) is 15.0. The Morgan fingerprint density at radius 2 is 2.00 bits per heavy atom. The third kappa shape index (κ3) is 5.66. The van der Waals surface area contributed by atoms with Crippen molar-refractivity contribution < 1.29 is 14.4 Å². The van der Waals surface area contributed by atoms with Gasteiger partial charge in [-0.05, 0) is 42.8 Å². The monoisotopic (exact) mass is 423 g/mol. The van der Waals surface area contributed by atoms with E-state index in [-0.39, 0.29) is 22.9 Å². The number of ether oxygens (including phenoxy) is 2. The molecule has 31 heavy (non-hydrogen) atoms. The molecule has 2 aromatic carbocycles. The molecule has 10 heteroatoms. The van der Waals surface area contributed by atoms with Crippen LogP contribution in [-0.4, -0.2) is 34.8 Å². The summed E-state index contributed by atoms with van der Waals surface area (Å²) in [6.45, 7) is 2.31. The predicted molar refractivity (Wildman–Crippen MR) is 117 cm³/mol. The average molecular weight is 423 g/mol. The summed E-state index contributed by atoms with van der Waals surface area (Å²) in [5.74, 6) is 1.03. The molecular weight excluding hydrogens is 402 g/mol. The van der Waals surface area contributed by atoms with Gasteiger partial charge in [-0.3, -0.25) is 19.9 Å². The van der Waals surface area contributed by atoms with E-state index in [0.717, 1.165) is 12.0 Å². The highest BCUT2D eigenvalue weighted by Gasteiger charge is 2.15. The van der Waals surface area contributed by atoms with Gasteiger partial charge in [0.05, 0.1) is 30.5 Å². The lowest BCUT2D eigenvalue weighted by atomic mass is 10.1. The highest BCUT2D eigenvalue weighted by Crippen LogP contribution is 2.27. The van der Waals surface area contributed by atoms with Crippen molar-refractivity contribution in [2.24, 2.45) is 5.10 Å². The highest BCUT2D eigenvalue weighted by atomic mass is 16.6. The number of nitrogens with zero attached hydrogens (tertiary/aromatic N) is 3. The molecule has 0 fully saturated rings. The Morgan fingerprint density at radius 3 is 2.68 bits per heavy atom. The number of hydrogen-bond donors (Lipinski definition) is 2. The SMILES string of the molecule is CCCOc1ccc(/C=N\Nc2nc(-c3ccc(OC)cc3)cc(=O)[nH]2)cc1[N+](=O)[O-]. The van der Waals surface area contributed by atoms with Crippen molar-refractivity contribution >= 4 is 17.9 Å². The first-order valence-corrected chi connectivity index (χ1v) is 9.46.